The van der Waals surface area contributed by atoms with Crippen LogP contribution < -0.4 is 5.32 Å². The number of benzene rings is 1. The van der Waals surface area contributed by atoms with Gasteiger partial charge in [-0.25, -0.2) is 4.98 Å². The number of piperidine rings is 1. The van der Waals surface area contributed by atoms with Crippen molar-refractivity contribution in [3.8, 4) is 0 Å². The molecule has 1 saturated heterocycles. The van der Waals surface area contributed by atoms with Crippen LogP contribution in [0, 0.1) is 5.92 Å². The van der Waals surface area contributed by atoms with Crippen molar-refractivity contribution in [2.75, 3.05) is 13.1 Å². The van der Waals surface area contributed by atoms with Crippen molar-refractivity contribution in [2.45, 2.75) is 39.3 Å². The number of nitrogens with one attached hydrogen (secondary N) is 1. The first-order valence-electron chi connectivity index (χ1n) is 10.5. The Bertz CT molecular complexity index is 1040. The van der Waals surface area contributed by atoms with Crippen LogP contribution in [-0.2, 0) is 11.3 Å². The van der Waals surface area contributed by atoms with Crippen LogP contribution in [0.2, 0.25) is 0 Å². The molecular formula is C23H27N5O2. The zero-order chi connectivity index (χ0) is 21.1. The molecule has 0 aliphatic carbocycles. The number of fused-ring (bicyclic) bond motifs is 1. The second-order valence-corrected chi connectivity index (χ2v) is 8.04. The van der Waals surface area contributed by atoms with E-state index in [1.807, 2.05) is 40.7 Å². The van der Waals surface area contributed by atoms with Gasteiger partial charge in [0.1, 0.15) is 12.4 Å². The monoisotopic (exact) mass is 405 g/mol. The van der Waals surface area contributed by atoms with Gasteiger partial charge in [0.25, 0.3) is 5.91 Å². The smallest absolute Gasteiger partial charge is 0.251 e. The van der Waals surface area contributed by atoms with Crippen molar-refractivity contribution in [3.05, 3.63) is 60.2 Å². The number of pyridine rings is 1. The number of hydrogen-bond donors (Lipinski definition) is 1. The molecule has 30 heavy (non-hydrogen) atoms. The SMILES string of the molecule is CC1CCN(C(=O)Cn2c(C(C)NC(=O)c3ccncc3)nc3ccccc32)CC1. The summed E-state index contributed by atoms with van der Waals surface area (Å²) >= 11 is 0. The van der Waals surface area contributed by atoms with Crippen LogP contribution in [0.4, 0.5) is 0 Å². The Balaban J connectivity index is 1.58. The Hall–Kier alpha value is -3.22. The van der Waals surface area contributed by atoms with Gasteiger partial charge in [0, 0.05) is 31.0 Å². The van der Waals surface area contributed by atoms with Crippen molar-refractivity contribution in [2.24, 2.45) is 5.92 Å². The number of nitrogens with zero attached hydrogens (tertiary/aromatic N) is 4. The van der Waals surface area contributed by atoms with Crippen molar-refractivity contribution >= 4 is 22.8 Å². The summed E-state index contributed by atoms with van der Waals surface area (Å²) in [4.78, 5) is 36.3. The summed E-state index contributed by atoms with van der Waals surface area (Å²) in [5.74, 6) is 1.25. The van der Waals surface area contributed by atoms with Crippen LogP contribution >= 0.6 is 0 Å². The minimum Gasteiger partial charge on any atom is -0.342 e. The second kappa shape index (κ2) is 8.65. The molecule has 4 rings (SSSR count). The number of amides is 2. The fraction of sp³-hybridized carbons (Fsp3) is 0.391. The van der Waals surface area contributed by atoms with Gasteiger partial charge >= 0.3 is 0 Å². The lowest BCUT2D eigenvalue weighted by Gasteiger charge is -2.30. The molecule has 3 heterocycles. The number of carbonyl (C=O) groups excluding carboxylic acids is 2. The van der Waals surface area contributed by atoms with E-state index in [0.717, 1.165) is 37.0 Å². The first kappa shape index (κ1) is 20.1. The lowest BCUT2D eigenvalue weighted by molar-refractivity contribution is -0.133. The largest absolute Gasteiger partial charge is 0.342 e. The van der Waals surface area contributed by atoms with E-state index in [9.17, 15) is 9.59 Å². The Morgan fingerprint density at radius 1 is 1.13 bits per heavy atom. The van der Waals surface area contributed by atoms with E-state index in [1.165, 1.54) is 0 Å². The van der Waals surface area contributed by atoms with Crippen molar-refractivity contribution in [3.63, 3.8) is 0 Å². The van der Waals surface area contributed by atoms with Crippen molar-refractivity contribution < 1.29 is 9.59 Å². The molecular weight excluding hydrogens is 378 g/mol. The minimum absolute atomic E-state index is 0.0963. The number of carbonyl (C=O) groups is 2. The van der Waals surface area contributed by atoms with E-state index in [-0.39, 0.29) is 24.4 Å². The molecule has 0 saturated carbocycles. The lowest BCUT2D eigenvalue weighted by atomic mass is 9.99. The van der Waals surface area contributed by atoms with Crippen LogP contribution in [0.5, 0.6) is 0 Å². The predicted octanol–water partition coefficient (Wildman–Crippen LogP) is 3.18. The van der Waals surface area contributed by atoms with Crippen LogP contribution in [-0.4, -0.2) is 44.3 Å². The molecule has 2 amide bonds. The summed E-state index contributed by atoms with van der Waals surface area (Å²) in [5, 5.41) is 3.00. The molecule has 1 fully saturated rings. The number of hydrogen-bond acceptors (Lipinski definition) is 4. The van der Waals surface area contributed by atoms with Gasteiger partial charge < -0.3 is 14.8 Å². The van der Waals surface area contributed by atoms with Gasteiger partial charge in [-0.3, -0.25) is 14.6 Å². The van der Waals surface area contributed by atoms with Gasteiger partial charge in [0.15, 0.2) is 0 Å². The molecule has 3 aromatic rings. The molecule has 0 radical (unpaired) electrons. The highest BCUT2D eigenvalue weighted by Crippen LogP contribution is 2.23. The molecule has 1 unspecified atom stereocenters. The number of rotatable bonds is 5. The quantitative estimate of drug-likeness (QED) is 0.707. The first-order valence-corrected chi connectivity index (χ1v) is 10.5. The number of para-hydroxylation sites is 2. The molecule has 7 heteroatoms. The predicted molar refractivity (Wildman–Crippen MR) is 115 cm³/mol. The third-order valence-electron chi connectivity index (χ3n) is 5.79. The highest BCUT2D eigenvalue weighted by molar-refractivity contribution is 5.94. The van der Waals surface area contributed by atoms with Crippen molar-refractivity contribution in [1.29, 1.82) is 0 Å². The maximum Gasteiger partial charge on any atom is 0.251 e. The Morgan fingerprint density at radius 2 is 1.83 bits per heavy atom. The number of aromatic nitrogens is 3. The lowest BCUT2D eigenvalue weighted by Crippen LogP contribution is -2.40. The maximum absolute atomic E-state index is 13.0. The summed E-state index contributed by atoms with van der Waals surface area (Å²) in [6.45, 7) is 5.95. The Labute approximate surface area is 176 Å². The van der Waals surface area contributed by atoms with E-state index < -0.39 is 0 Å². The van der Waals surface area contributed by atoms with E-state index in [2.05, 4.69) is 17.2 Å². The van der Waals surface area contributed by atoms with Gasteiger partial charge in [0.2, 0.25) is 5.91 Å². The van der Waals surface area contributed by atoms with E-state index in [0.29, 0.717) is 17.3 Å². The zero-order valence-corrected chi connectivity index (χ0v) is 17.4. The average Bonchev–Trinajstić information content (AvgIpc) is 3.13. The highest BCUT2D eigenvalue weighted by Gasteiger charge is 2.24. The topological polar surface area (TPSA) is 80.1 Å². The van der Waals surface area contributed by atoms with E-state index in [1.54, 1.807) is 24.5 Å². The summed E-state index contributed by atoms with van der Waals surface area (Å²) in [5.41, 5.74) is 2.26. The maximum atomic E-state index is 13.0. The minimum atomic E-state index is -0.354. The molecule has 0 spiro atoms. The molecule has 1 aliphatic heterocycles. The standard InChI is InChI=1S/C23H27N5O2/c1-16-9-13-27(14-10-16)21(29)15-28-20-6-4-3-5-19(20)26-22(28)17(2)25-23(30)18-7-11-24-12-8-18/h3-8,11-12,16-17H,9-10,13-15H2,1-2H3,(H,25,30). The molecule has 1 atom stereocenters. The summed E-state index contributed by atoms with van der Waals surface area (Å²) < 4.78 is 1.94. The molecule has 1 N–H and O–H groups in total. The fourth-order valence-electron chi connectivity index (χ4n) is 3.93. The third-order valence-corrected chi connectivity index (χ3v) is 5.79. The van der Waals surface area contributed by atoms with Crippen LogP contribution in [0.15, 0.2) is 48.8 Å². The van der Waals surface area contributed by atoms with Gasteiger partial charge in [-0.15, -0.1) is 0 Å². The zero-order valence-electron chi connectivity index (χ0n) is 17.4. The molecule has 2 aromatic heterocycles. The van der Waals surface area contributed by atoms with Gasteiger partial charge in [0.05, 0.1) is 17.1 Å². The highest BCUT2D eigenvalue weighted by atomic mass is 16.2. The summed E-state index contributed by atoms with van der Waals surface area (Å²) in [7, 11) is 0. The van der Waals surface area contributed by atoms with Gasteiger partial charge in [-0.2, -0.15) is 0 Å². The van der Waals surface area contributed by atoms with Gasteiger partial charge in [-0.05, 0) is 49.9 Å². The van der Waals surface area contributed by atoms with E-state index in [4.69, 9.17) is 4.98 Å². The van der Waals surface area contributed by atoms with Gasteiger partial charge in [-0.1, -0.05) is 19.1 Å². The molecule has 7 nitrogen and oxygen atoms in total. The van der Waals surface area contributed by atoms with Crippen LogP contribution in [0.1, 0.15) is 48.9 Å². The normalized spacial score (nSPS) is 15.9. The Morgan fingerprint density at radius 3 is 2.57 bits per heavy atom. The number of imidazole rings is 1. The molecule has 1 aromatic carbocycles. The third kappa shape index (κ3) is 4.20. The fourth-order valence-corrected chi connectivity index (χ4v) is 3.93. The van der Waals surface area contributed by atoms with E-state index >= 15 is 0 Å². The summed E-state index contributed by atoms with van der Waals surface area (Å²) in [6, 6.07) is 10.8. The molecule has 1 aliphatic rings. The second-order valence-electron chi connectivity index (χ2n) is 8.04. The summed E-state index contributed by atoms with van der Waals surface area (Å²) in [6.07, 6.45) is 5.27. The first-order chi connectivity index (χ1) is 14.5. The van der Waals surface area contributed by atoms with Crippen LogP contribution in [0.25, 0.3) is 11.0 Å². The van der Waals surface area contributed by atoms with Crippen molar-refractivity contribution in [1.82, 2.24) is 24.8 Å². The molecule has 0 bridgehead atoms. The average molecular weight is 406 g/mol. The Kier molecular flexibility index (Phi) is 5.79. The number of likely N-dealkylation sites (tertiary alicyclic amines) is 1. The molecule has 156 valence electrons. The van der Waals surface area contributed by atoms with Crippen LogP contribution in [0.3, 0.4) is 0 Å².